The van der Waals surface area contributed by atoms with Gasteiger partial charge in [0.25, 0.3) is 0 Å². The lowest BCUT2D eigenvalue weighted by molar-refractivity contribution is -0.389. The maximum absolute atomic E-state index is 11.1. The van der Waals surface area contributed by atoms with E-state index in [4.69, 9.17) is 0 Å². The molecule has 16 heavy (non-hydrogen) atoms. The molecule has 7 nitrogen and oxygen atoms in total. The van der Waals surface area contributed by atoms with Crippen molar-refractivity contribution >= 4 is 23.2 Å². The van der Waals surface area contributed by atoms with Crippen LogP contribution in [0.2, 0.25) is 0 Å². The minimum Gasteiger partial charge on any atom is -0.358 e. The van der Waals surface area contributed by atoms with Gasteiger partial charge in [0.2, 0.25) is 17.4 Å². The van der Waals surface area contributed by atoms with Crippen molar-refractivity contribution in [3.8, 4) is 0 Å². The average Bonchev–Trinajstić information content (AvgIpc) is 2.15. The lowest BCUT2D eigenvalue weighted by Crippen LogP contribution is -2.09. The molecule has 0 saturated heterocycles. The fourth-order valence-electron chi connectivity index (χ4n) is 1.07. The number of Topliss-reactive ketones (excluding diaryl/α,β-unsaturated/α-hetero) is 1. The van der Waals surface area contributed by atoms with Crippen LogP contribution in [0.1, 0.15) is 24.3 Å². The molecule has 1 aromatic heterocycles. The summed E-state index contributed by atoms with van der Waals surface area (Å²) in [6, 6.07) is 2.38. The van der Waals surface area contributed by atoms with Crippen LogP contribution in [-0.4, -0.2) is 21.6 Å². The zero-order valence-corrected chi connectivity index (χ0v) is 8.68. The molecule has 1 N–H and O–H groups in total. The molecule has 0 aliphatic carbocycles. The topological polar surface area (TPSA) is 102 Å². The minimum atomic E-state index is -0.724. The Morgan fingerprint density at radius 1 is 1.38 bits per heavy atom. The van der Waals surface area contributed by atoms with Crippen LogP contribution in [0.5, 0.6) is 0 Å². The number of hydrogen-bond donors (Lipinski definition) is 1. The van der Waals surface area contributed by atoms with Gasteiger partial charge >= 0.3 is 5.82 Å². The first-order valence-electron chi connectivity index (χ1n) is 4.35. The Labute approximate surface area is 90.6 Å². The number of hydrogen-bond acceptors (Lipinski definition) is 5. The number of rotatable bonds is 3. The highest BCUT2D eigenvalue weighted by Crippen LogP contribution is 2.17. The summed E-state index contributed by atoms with van der Waals surface area (Å²) in [7, 11) is 0. The minimum absolute atomic E-state index is 0.0575. The van der Waals surface area contributed by atoms with Crippen LogP contribution in [0.25, 0.3) is 0 Å². The lowest BCUT2D eigenvalue weighted by atomic mass is 10.2. The van der Waals surface area contributed by atoms with Crippen molar-refractivity contribution < 1.29 is 14.5 Å². The standard InChI is InChI=1S/C9H9N3O4/c1-5(13)8-3-7(10-6(2)14)4-9(11-8)12(15)16/h3-4H,1-2H3,(H,10,11,14). The van der Waals surface area contributed by atoms with Gasteiger partial charge in [0.1, 0.15) is 0 Å². The number of nitrogens with one attached hydrogen (secondary N) is 1. The van der Waals surface area contributed by atoms with Crippen LogP contribution in [0, 0.1) is 10.1 Å². The van der Waals surface area contributed by atoms with E-state index in [0.717, 1.165) is 6.07 Å². The third kappa shape index (κ3) is 2.84. The summed E-state index contributed by atoms with van der Waals surface area (Å²) < 4.78 is 0. The number of pyridine rings is 1. The zero-order valence-electron chi connectivity index (χ0n) is 8.68. The molecule has 0 bridgehead atoms. The van der Waals surface area contributed by atoms with Crippen LogP contribution >= 0.6 is 0 Å². The summed E-state index contributed by atoms with van der Waals surface area (Å²) in [5.74, 6) is -1.26. The van der Waals surface area contributed by atoms with Crippen molar-refractivity contribution in [3.63, 3.8) is 0 Å². The number of nitrogens with zero attached hydrogens (tertiary/aromatic N) is 2. The van der Waals surface area contributed by atoms with Crippen molar-refractivity contribution in [2.24, 2.45) is 0 Å². The first-order chi connectivity index (χ1) is 7.40. The molecule has 0 aliphatic rings. The first-order valence-corrected chi connectivity index (χ1v) is 4.35. The van der Waals surface area contributed by atoms with Gasteiger partial charge in [-0.2, -0.15) is 0 Å². The molecule has 7 heteroatoms. The maximum atomic E-state index is 11.1. The Morgan fingerprint density at radius 2 is 2.00 bits per heavy atom. The molecule has 0 fully saturated rings. The Bertz CT molecular complexity index is 438. The maximum Gasteiger partial charge on any atom is 0.366 e. The quantitative estimate of drug-likeness (QED) is 0.470. The number of ketones is 1. The van der Waals surface area contributed by atoms with Gasteiger partial charge < -0.3 is 15.4 Å². The molecule has 0 unspecified atom stereocenters. The summed E-state index contributed by atoms with van der Waals surface area (Å²) in [6.07, 6.45) is 0. The van der Waals surface area contributed by atoms with E-state index < -0.39 is 16.5 Å². The van der Waals surface area contributed by atoms with Gasteiger partial charge in [0, 0.05) is 19.9 Å². The highest BCUT2D eigenvalue weighted by atomic mass is 16.6. The predicted octanol–water partition coefficient (Wildman–Crippen LogP) is 1.15. The summed E-state index contributed by atoms with van der Waals surface area (Å²) in [5, 5.41) is 12.9. The molecule has 0 spiro atoms. The fourth-order valence-corrected chi connectivity index (χ4v) is 1.07. The molecular formula is C9H9N3O4. The van der Waals surface area contributed by atoms with E-state index in [1.54, 1.807) is 0 Å². The number of carbonyl (C=O) groups is 2. The van der Waals surface area contributed by atoms with Crippen LogP contribution < -0.4 is 5.32 Å². The smallest absolute Gasteiger partial charge is 0.358 e. The van der Waals surface area contributed by atoms with Crippen molar-refractivity contribution in [2.75, 3.05) is 5.32 Å². The molecule has 0 saturated carbocycles. The Morgan fingerprint density at radius 3 is 2.44 bits per heavy atom. The molecular weight excluding hydrogens is 214 g/mol. The van der Waals surface area contributed by atoms with Gasteiger partial charge in [-0.05, 0) is 9.91 Å². The molecule has 0 aromatic carbocycles. The van der Waals surface area contributed by atoms with Gasteiger partial charge in [-0.1, -0.05) is 0 Å². The monoisotopic (exact) mass is 223 g/mol. The van der Waals surface area contributed by atoms with E-state index in [1.165, 1.54) is 19.9 Å². The second-order valence-corrected chi connectivity index (χ2v) is 3.09. The molecule has 1 heterocycles. The van der Waals surface area contributed by atoms with Gasteiger partial charge in [-0.25, -0.2) is 0 Å². The predicted molar refractivity (Wildman–Crippen MR) is 55.2 cm³/mol. The number of nitro groups is 1. The van der Waals surface area contributed by atoms with Crippen molar-refractivity contribution in [1.29, 1.82) is 0 Å². The van der Waals surface area contributed by atoms with Gasteiger partial charge in [-0.3, -0.25) is 9.59 Å². The SMILES string of the molecule is CC(=O)Nc1cc(C(C)=O)nc([N+](=O)[O-])c1. The summed E-state index contributed by atoms with van der Waals surface area (Å²) in [4.78, 5) is 35.2. The van der Waals surface area contributed by atoms with Crippen LogP contribution in [0.4, 0.5) is 11.5 Å². The zero-order chi connectivity index (χ0) is 12.3. The third-order valence-corrected chi connectivity index (χ3v) is 1.68. The van der Waals surface area contributed by atoms with E-state index in [9.17, 15) is 19.7 Å². The molecule has 0 aliphatic heterocycles. The van der Waals surface area contributed by atoms with Crippen LogP contribution in [-0.2, 0) is 4.79 Å². The molecule has 1 aromatic rings. The van der Waals surface area contributed by atoms with Gasteiger partial charge in [0.05, 0.1) is 11.8 Å². The van der Waals surface area contributed by atoms with Crippen LogP contribution in [0.15, 0.2) is 12.1 Å². The number of aromatic nitrogens is 1. The number of amides is 1. The Kier molecular flexibility index (Phi) is 3.29. The van der Waals surface area contributed by atoms with Crippen LogP contribution in [0.3, 0.4) is 0 Å². The van der Waals surface area contributed by atoms with E-state index in [0.29, 0.717) is 0 Å². The van der Waals surface area contributed by atoms with Crippen molar-refractivity contribution in [1.82, 2.24) is 4.98 Å². The van der Waals surface area contributed by atoms with E-state index in [1.807, 2.05) is 0 Å². The molecule has 0 atom stereocenters. The number of anilines is 1. The van der Waals surface area contributed by atoms with Crippen molar-refractivity contribution in [3.05, 3.63) is 27.9 Å². The molecule has 84 valence electrons. The van der Waals surface area contributed by atoms with E-state index in [-0.39, 0.29) is 17.3 Å². The van der Waals surface area contributed by atoms with Gasteiger partial charge in [0.15, 0.2) is 0 Å². The van der Waals surface area contributed by atoms with E-state index >= 15 is 0 Å². The summed E-state index contributed by atoms with van der Waals surface area (Å²) in [5.41, 5.74) is 0.123. The molecule has 1 amide bonds. The third-order valence-electron chi connectivity index (χ3n) is 1.68. The molecule has 0 radical (unpaired) electrons. The average molecular weight is 223 g/mol. The normalized spacial score (nSPS) is 9.62. The second kappa shape index (κ2) is 4.47. The second-order valence-electron chi connectivity index (χ2n) is 3.09. The summed E-state index contributed by atoms with van der Waals surface area (Å²) in [6.45, 7) is 2.50. The Hall–Kier alpha value is -2.31. The highest BCUT2D eigenvalue weighted by Gasteiger charge is 2.16. The lowest BCUT2D eigenvalue weighted by Gasteiger charge is -2.01. The highest BCUT2D eigenvalue weighted by molar-refractivity contribution is 5.95. The largest absolute Gasteiger partial charge is 0.366 e. The number of carbonyl (C=O) groups excluding carboxylic acids is 2. The van der Waals surface area contributed by atoms with Gasteiger partial charge in [-0.15, -0.1) is 0 Å². The molecule has 1 rings (SSSR count). The first kappa shape index (κ1) is 11.8. The van der Waals surface area contributed by atoms with E-state index in [2.05, 4.69) is 10.3 Å². The van der Waals surface area contributed by atoms with Crippen molar-refractivity contribution in [2.45, 2.75) is 13.8 Å². The summed E-state index contributed by atoms with van der Waals surface area (Å²) >= 11 is 0. The fraction of sp³-hybridized carbons (Fsp3) is 0.222. The Balaban J connectivity index is 3.23.